The minimum atomic E-state index is -0.573. The van der Waals surface area contributed by atoms with Crippen LogP contribution in [0.15, 0.2) is 23.3 Å². The van der Waals surface area contributed by atoms with Crippen LogP contribution in [-0.4, -0.2) is 7.11 Å². The zero-order valence-corrected chi connectivity index (χ0v) is 7.94. The maximum atomic E-state index is 13.3. The maximum absolute atomic E-state index is 13.3. The molecule has 5 heteroatoms. The van der Waals surface area contributed by atoms with Crippen molar-refractivity contribution in [3.05, 3.63) is 40.0 Å². The molecule has 0 heterocycles. The van der Waals surface area contributed by atoms with Gasteiger partial charge in [0.05, 0.1) is 13.2 Å². The quantitative estimate of drug-likeness (QED) is 0.415. The second kappa shape index (κ2) is 4.48. The van der Waals surface area contributed by atoms with Crippen molar-refractivity contribution in [2.75, 3.05) is 7.11 Å². The summed E-state index contributed by atoms with van der Waals surface area (Å²) in [6.45, 7) is 1.61. The molecular formula is C9H10FN3O. The molecule has 0 bridgehead atoms. The van der Waals surface area contributed by atoms with Gasteiger partial charge >= 0.3 is 0 Å². The minimum absolute atomic E-state index is 0.285. The van der Waals surface area contributed by atoms with E-state index in [1.807, 2.05) is 0 Å². The lowest BCUT2D eigenvalue weighted by Gasteiger charge is -2.11. The van der Waals surface area contributed by atoms with Crippen LogP contribution in [0.1, 0.15) is 18.5 Å². The van der Waals surface area contributed by atoms with Crippen molar-refractivity contribution in [1.29, 1.82) is 0 Å². The lowest BCUT2D eigenvalue weighted by atomic mass is 10.1. The third-order valence-corrected chi connectivity index (χ3v) is 1.88. The van der Waals surface area contributed by atoms with E-state index in [1.54, 1.807) is 19.1 Å². The molecular weight excluding hydrogens is 185 g/mol. The molecule has 0 saturated carbocycles. The highest BCUT2D eigenvalue weighted by atomic mass is 19.1. The molecule has 0 radical (unpaired) electrons. The van der Waals surface area contributed by atoms with Crippen LogP contribution in [0.2, 0.25) is 0 Å². The Morgan fingerprint density at radius 1 is 1.57 bits per heavy atom. The molecule has 0 unspecified atom stereocenters. The summed E-state index contributed by atoms with van der Waals surface area (Å²) in [4.78, 5) is 2.63. The molecule has 4 nitrogen and oxygen atoms in total. The highest BCUT2D eigenvalue weighted by molar-refractivity contribution is 5.36. The van der Waals surface area contributed by atoms with Crippen LogP contribution in [0, 0.1) is 5.82 Å². The number of hydrogen-bond acceptors (Lipinski definition) is 2. The van der Waals surface area contributed by atoms with Gasteiger partial charge in [-0.25, -0.2) is 4.39 Å². The van der Waals surface area contributed by atoms with Crippen LogP contribution >= 0.6 is 0 Å². The molecule has 1 atom stereocenters. The van der Waals surface area contributed by atoms with Crippen molar-refractivity contribution in [3.63, 3.8) is 0 Å². The molecule has 74 valence electrons. The van der Waals surface area contributed by atoms with Gasteiger partial charge in [0.2, 0.25) is 0 Å². The summed E-state index contributed by atoms with van der Waals surface area (Å²) in [5.74, 6) is -0.0332. The van der Waals surface area contributed by atoms with Crippen LogP contribution in [0.3, 0.4) is 0 Å². The van der Waals surface area contributed by atoms with E-state index in [1.165, 1.54) is 13.2 Å². The minimum Gasteiger partial charge on any atom is -0.496 e. The Hall–Kier alpha value is -1.74. The number of halogens is 1. The third kappa shape index (κ3) is 1.95. The Bertz CT molecular complexity index is 374. The first-order valence-corrected chi connectivity index (χ1v) is 4.07. The fraction of sp³-hybridized carbons (Fsp3) is 0.333. The molecule has 0 saturated heterocycles. The molecule has 14 heavy (non-hydrogen) atoms. The van der Waals surface area contributed by atoms with Crippen LogP contribution in [0.4, 0.5) is 4.39 Å². The molecule has 0 spiro atoms. The van der Waals surface area contributed by atoms with Gasteiger partial charge < -0.3 is 4.74 Å². The summed E-state index contributed by atoms with van der Waals surface area (Å²) in [6.07, 6.45) is 0. The summed E-state index contributed by atoms with van der Waals surface area (Å²) < 4.78 is 18.3. The summed E-state index contributed by atoms with van der Waals surface area (Å²) in [6, 6.07) is 3.90. The standard InChI is InChI=1S/C9H10FN3O/c1-6(12-13-11)9-7(10)4-3-5-8(9)14-2/h3-6H,1-2H3/t6-/m1/s1. The van der Waals surface area contributed by atoms with Crippen molar-refractivity contribution in [3.8, 4) is 5.75 Å². The lowest BCUT2D eigenvalue weighted by molar-refractivity contribution is 0.400. The Balaban J connectivity index is 3.22. The number of ether oxygens (including phenoxy) is 1. The van der Waals surface area contributed by atoms with Gasteiger partial charge in [0.25, 0.3) is 0 Å². The smallest absolute Gasteiger partial charge is 0.130 e. The number of rotatable bonds is 3. The second-order valence-electron chi connectivity index (χ2n) is 2.74. The van der Waals surface area contributed by atoms with Gasteiger partial charge in [0, 0.05) is 10.5 Å². The predicted molar refractivity (Wildman–Crippen MR) is 50.5 cm³/mol. The van der Waals surface area contributed by atoms with Crippen molar-refractivity contribution < 1.29 is 9.13 Å². The van der Waals surface area contributed by atoms with Gasteiger partial charge in [-0.3, -0.25) is 0 Å². The normalized spacial score (nSPS) is 11.6. The maximum Gasteiger partial charge on any atom is 0.130 e. The molecule has 0 aliphatic carbocycles. The molecule has 1 aromatic rings. The number of azide groups is 1. The second-order valence-corrected chi connectivity index (χ2v) is 2.74. The lowest BCUT2D eigenvalue weighted by Crippen LogP contribution is -1.98. The van der Waals surface area contributed by atoms with Gasteiger partial charge in [-0.1, -0.05) is 18.1 Å². The van der Waals surface area contributed by atoms with Crippen molar-refractivity contribution >= 4 is 0 Å². The molecule has 0 amide bonds. The molecule has 1 aromatic carbocycles. The van der Waals surface area contributed by atoms with E-state index >= 15 is 0 Å². The van der Waals surface area contributed by atoms with Crippen LogP contribution in [-0.2, 0) is 0 Å². The SMILES string of the molecule is COc1cccc(F)c1[C@@H](C)N=[N+]=[N-]. The Morgan fingerprint density at radius 3 is 2.86 bits per heavy atom. The fourth-order valence-corrected chi connectivity index (χ4v) is 1.24. The monoisotopic (exact) mass is 195 g/mol. The third-order valence-electron chi connectivity index (χ3n) is 1.88. The van der Waals surface area contributed by atoms with E-state index in [0.717, 1.165) is 0 Å². The van der Waals surface area contributed by atoms with Gasteiger partial charge in [0.1, 0.15) is 11.6 Å². The topological polar surface area (TPSA) is 58.0 Å². The van der Waals surface area contributed by atoms with E-state index in [9.17, 15) is 4.39 Å². The summed E-state index contributed by atoms with van der Waals surface area (Å²) in [5.41, 5.74) is 8.53. The van der Waals surface area contributed by atoms with Crippen LogP contribution in [0.25, 0.3) is 10.4 Å². The summed E-state index contributed by atoms with van der Waals surface area (Å²) in [7, 11) is 1.45. The average Bonchev–Trinajstić information content (AvgIpc) is 2.17. The van der Waals surface area contributed by atoms with Crippen LogP contribution in [0.5, 0.6) is 5.75 Å². The van der Waals surface area contributed by atoms with Crippen LogP contribution < -0.4 is 4.74 Å². The zero-order valence-electron chi connectivity index (χ0n) is 7.94. The summed E-state index contributed by atoms with van der Waals surface area (Å²) in [5, 5.41) is 3.42. The number of nitrogens with zero attached hydrogens (tertiary/aromatic N) is 3. The zero-order chi connectivity index (χ0) is 10.6. The molecule has 0 aliphatic rings. The first kappa shape index (κ1) is 10.3. The largest absolute Gasteiger partial charge is 0.496 e. The van der Waals surface area contributed by atoms with E-state index in [0.29, 0.717) is 5.75 Å². The molecule has 0 fully saturated rings. The van der Waals surface area contributed by atoms with Crippen molar-refractivity contribution in [2.24, 2.45) is 5.11 Å². The highest BCUT2D eigenvalue weighted by Gasteiger charge is 2.14. The first-order chi connectivity index (χ1) is 6.70. The highest BCUT2D eigenvalue weighted by Crippen LogP contribution is 2.29. The van der Waals surface area contributed by atoms with E-state index in [2.05, 4.69) is 10.0 Å². The molecule has 0 N–H and O–H groups in total. The molecule has 1 rings (SSSR count). The summed E-state index contributed by atoms with van der Waals surface area (Å²) >= 11 is 0. The van der Waals surface area contributed by atoms with E-state index in [4.69, 9.17) is 10.3 Å². The van der Waals surface area contributed by atoms with E-state index in [-0.39, 0.29) is 5.56 Å². The number of benzene rings is 1. The average molecular weight is 195 g/mol. The van der Waals surface area contributed by atoms with Crippen molar-refractivity contribution in [1.82, 2.24) is 0 Å². The fourth-order valence-electron chi connectivity index (χ4n) is 1.24. The number of methoxy groups -OCH3 is 1. The van der Waals surface area contributed by atoms with Gasteiger partial charge in [-0.15, -0.1) is 0 Å². The Morgan fingerprint density at radius 2 is 2.29 bits per heavy atom. The van der Waals surface area contributed by atoms with Crippen molar-refractivity contribution in [2.45, 2.75) is 13.0 Å². The first-order valence-electron chi connectivity index (χ1n) is 4.07. The number of hydrogen-bond donors (Lipinski definition) is 0. The Kier molecular flexibility index (Phi) is 3.31. The van der Waals surface area contributed by atoms with E-state index < -0.39 is 11.9 Å². The molecule has 0 aromatic heterocycles. The Labute approximate surface area is 80.9 Å². The van der Waals surface area contributed by atoms with Gasteiger partial charge in [-0.2, -0.15) is 0 Å². The predicted octanol–water partition coefficient (Wildman–Crippen LogP) is 3.21. The van der Waals surface area contributed by atoms with Gasteiger partial charge in [-0.05, 0) is 17.7 Å². The van der Waals surface area contributed by atoms with Gasteiger partial charge in [0.15, 0.2) is 0 Å². The molecule has 0 aliphatic heterocycles.